The topological polar surface area (TPSA) is 20.3 Å². The Kier molecular flexibility index (Phi) is 3.76. The molecule has 20 heavy (non-hydrogen) atoms. The Morgan fingerprint density at radius 2 is 2.25 bits per heavy atom. The number of hydrogen-bond donors (Lipinski definition) is 0. The Balaban J connectivity index is 1.75. The van der Waals surface area contributed by atoms with E-state index in [-0.39, 0.29) is 17.9 Å². The van der Waals surface area contributed by atoms with E-state index >= 15 is 0 Å². The van der Waals surface area contributed by atoms with Gasteiger partial charge in [-0.2, -0.15) is 0 Å². The smallest absolute Gasteiger partial charge is 0.227 e. The highest BCUT2D eigenvalue weighted by molar-refractivity contribution is 7.10. The third-order valence-electron chi connectivity index (χ3n) is 3.55. The van der Waals surface area contributed by atoms with E-state index in [9.17, 15) is 9.18 Å². The number of amides is 1. The average molecular weight is 310 g/mol. The van der Waals surface area contributed by atoms with Gasteiger partial charge in [-0.15, -0.1) is 11.3 Å². The summed E-state index contributed by atoms with van der Waals surface area (Å²) in [6.45, 7) is 1.31. The largest absolute Gasteiger partial charge is 0.338 e. The van der Waals surface area contributed by atoms with Gasteiger partial charge in [-0.05, 0) is 35.6 Å². The molecule has 1 aliphatic rings. The van der Waals surface area contributed by atoms with E-state index in [2.05, 4.69) is 6.07 Å². The van der Waals surface area contributed by atoms with Crippen molar-refractivity contribution in [2.45, 2.75) is 19.4 Å². The Bertz CT molecular complexity index is 635. The van der Waals surface area contributed by atoms with Crippen molar-refractivity contribution in [1.82, 2.24) is 4.90 Å². The van der Waals surface area contributed by atoms with Crippen LogP contribution in [0.25, 0.3) is 0 Å². The van der Waals surface area contributed by atoms with Gasteiger partial charge in [0, 0.05) is 28.6 Å². The van der Waals surface area contributed by atoms with Crippen LogP contribution in [0.5, 0.6) is 0 Å². The number of fused-ring (bicyclic) bond motifs is 1. The highest BCUT2D eigenvalue weighted by atomic mass is 35.5. The molecule has 0 radical (unpaired) electrons. The maximum atomic E-state index is 13.7. The lowest BCUT2D eigenvalue weighted by Crippen LogP contribution is -2.36. The van der Waals surface area contributed by atoms with Crippen LogP contribution in [0.15, 0.2) is 29.6 Å². The zero-order valence-corrected chi connectivity index (χ0v) is 12.3. The summed E-state index contributed by atoms with van der Waals surface area (Å²) >= 11 is 7.70. The van der Waals surface area contributed by atoms with Gasteiger partial charge in [0.05, 0.1) is 6.42 Å². The van der Waals surface area contributed by atoms with Gasteiger partial charge in [-0.25, -0.2) is 4.39 Å². The number of carbonyl (C=O) groups is 1. The van der Waals surface area contributed by atoms with Crippen LogP contribution in [0.1, 0.15) is 16.0 Å². The number of carbonyl (C=O) groups excluding carboxylic acids is 1. The van der Waals surface area contributed by atoms with Gasteiger partial charge >= 0.3 is 0 Å². The number of rotatable bonds is 2. The van der Waals surface area contributed by atoms with Gasteiger partial charge < -0.3 is 4.90 Å². The van der Waals surface area contributed by atoms with Crippen molar-refractivity contribution >= 4 is 28.8 Å². The van der Waals surface area contributed by atoms with Gasteiger partial charge in [-0.3, -0.25) is 4.79 Å². The van der Waals surface area contributed by atoms with Crippen LogP contribution in [-0.4, -0.2) is 17.4 Å². The molecule has 0 bridgehead atoms. The van der Waals surface area contributed by atoms with Crippen LogP contribution in [-0.2, 0) is 24.2 Å². The number of thiophene rings is 1. The third-order valence-corrected chi connectivity index (χ3v) is 4.93. The molecule has 0 saturated heterocycles. The lowest BCUT2D eigenvalue weighted by molar-refractivity contribution is -0.131. The van der Waals surface area contributed by atoms with Crippen molar-refractivity contribution in [3.63, 3.8) is 0 Å². The van der Waals surface area contributed by atoms with Gasteiger partial charge in [0.2, 0.25) is 5.91 Å². The fourth-order valence-corrected chi connectivity index (χ4v) is 3.55. The van der Waals surface area contributed by atoms with Crippen LogP contribution >= 0.6 is 22.9 Å². The minimum Gasteiger partial charge on any atom is -0.338 e. The first-order chi connectivity index (χ1) is 9.65. The Morgan fingerprint density at radius 3 is 3.05 bits per heavy atom. The lowest BCUT2D eigenvalue weighted by atomic mass is 10.1. The third kappa shape index (κ3) is 2.58. The Hall–Kier alpha value is -1.39. The molecule has 0 spiro atoms. The first kappa shape index (κ1) is 13.6. The van der Waals surface area contributed by atoms with Gasteiger partial charge in [0.1, 0.15) is 5.82 Å². The molecule has 1 aliphatic heterocycles. The monoisotopic (exact) mass is 309 g/mol. The van der Waals surface area contributed by atoms with E-state index in [1.165, 1.54) is 16.5 Å². The highest BCUT2D eigenvalue weighted by Crippen LogP contribution is 2.25. The zero-order valence-electron chi connectivity index (χ0n) is 10.7. The maximum Gasteiger partial charge on any atom is 0.227 e. The summed E-state index contributed by atoms with van der Waals surface area (Å²) in [6, 6.07) is 6.54. The summed E-state index contributed by atoms with van der Waals surface area (Å²) in [7, 11) is 0. The molecule has 2 aromatic rings. The summed E-state index contributed by atoms with van der Waals surface area (Å²) in [6.07, 6.45) is 0.898. The summed E-state index contributed by atoms with van der Waals surface area (Å²) in [4.78, 5) is 15.4. The quantitative estimate of drug-likeness (QED) is 0.829. The average Bonchev–Trinajstić information content (AvgIpc) is 2.90. The lowest BCUT2D eigenvalue weighted by Gasteiger charge is -2.27. The van der Waals surface area contributed by atoms with Crippen LogP contribution in [0.2, 0.25) is 5.02 Å². The molecule has 3 rings (SSSR count). The van der Waals surface area contributed by atoms with Crippen LogP contribution in [0.3, 0.4) is 0 Å². The molecule has 104 valence electrons. The number of halogens is 2. The molecule has 0 unspecified atom stereocenters. The predicted octanol–water partition coefficient (Wildman–Crippen LogP) is 3.67. The highest BCUT2D eigenvalue weighted by Gasteiger charge is 2.23. The minimum absolute atomic E-state index is 0.0188. The minimum atomic E-state index is -0.418. The molecular formula is C15H13ClFNOS. The summed E-state index contributed by atoms with van der Waals surface area (Å²) < 4.78 is 13.7. The molecule has 1 amide bonds. The summed E-state index contributed by atoms with van der Waals surface area (Å²) in [5.41, 5.74) is 1.49. The van der Waals surface area contributed by atoms with Crippen LogP contribution < -0.4 is 0 Å². The summed E-state index contributed by atoms with van der Waals surface area (Å²) in [5, 5.41) is 2.36. The van der Waals surface area contributed by atoms with Crippen molar-refractivity contribution in [3.05, 3.63) is 56.5 Å². The van der Waals surface area contributed by atoms with Crippen molar-refractivity contribution in [2.75, 3.05) is 6.54 Å². The molecule has 0 fully saturated rings. The predicted molar refractivity (Wildman–Crippen MR) is 78.6 cm³/mol. The van der Waals surface area contributed by atoms with Crippen molar-refractivity contribution < 1.29 is 9.18 Å². The second kappa shape index (κ2) is 5.54. The Morgan fingerprint density at radius 1 is 1.40 bits per heavy atom. The van der Waals surface area contributed by atoms with Gasteiger partial charge in [0.15, 0.2) is 0 Å². The molecule has 0 N–H and O–H groups in total. The first-order valence-electron chi connectivity index (χ1n) is 6.41. The first-order valence-corrected chi connectivity index (χ1v) is 7.67. The van der Waals surface area contributed by atoms with E-state index in [1.807, 2.05) is 5.38 Å². The SMILES string of the molecule is O=C(Cc1c(F)cccc1Cl)N1CCc2sccc2C1. The molecule has 1 aromatic heterocycles. The maximum absolute atomic E-state index is 13.7. The molecule has 1 aromatic carbocycles. The fraction of sp³-hybridized carbons (Fsp3) is 0.267. The Labute approximate surface area is 125 Å². The second-order valence-corrected chi connectivity index (χ2v) is 6.22. The van der Waals surface area contributed by atoms with Gasteiger partial charge in [-0.1, -0.05) is 17.7 Å². The zero-order chi connectivity index (χ0) is 14.1. The molecule has 2 heterocycles. The van der Waals surface area contributed by atoms with Crippen molar-refractivity contribution in [3.8, 4) is 0 Å². The van der Waals surface area contributed by atoms with Crippen molar-refractivity contribution in [2.24, 2.45) is 0 Å². The second-order valence-electron chi connectivity index (χ2n) is 4.81. The van der Waals surface area contributed by atoms with E-state index < -0.39 is 5.82 Å². The molecule has 2 nitrogen and oxygen atoms in total. The van der Waals surface area contributed by atoms with E-state index in [1.54, 1.807) is 28.4 Å². The van der Waals surface area contributed by atoms with E-state index in [4.69, 9.17) is 11.6 Å². The molecule has 0 atom stereocenters. The molecular weight excluding hydrogens is 297 g/mol. The molecule has 0 aliphatic carbocycles. The van der Waals surface area contributed by atoms with Crippen LogP contribution in [0.4, 0.5) is 4.39 Å². The number of benzene rings is 1. The fourth-order valence-electron chi connectivity index (χ4n) is 2.43. The molecule has 5 heteroatoms. The normalized spacial score (nSPS) is 14.2. The van der Waals surface area contributed by atoms with E-state index in [0.717, 1.165) is 6.42 Å². The van der Waals surface area contributed by atoms with Crippen molar-refractivity contribution in [1.29, 1.82) is 0 Å². The van der Waals surface area contributed by atoms with E-state index in [0.29, 0.717) is 18.1 Å². The molecule has 0 saturated carbocycles. The standard InChI is InChI=1S/C15H13ClFNOS/c16-12-2-1-3-13(17)11(12)8-15(19)18-6-4-14-10(9-18)5-7-20-14/h1-3,5,7H,4,6,8-9H2. The number of hydrogen-bond acceptors (Lipinski definition) is 2. The summed E-state index contributed by atoms with van der Waals surface area (Å²) in [5.74, 6) is -0.493. The van der Waals surface area contributed by atoms with Gasteiger partial charge in [0.25, 0.3) is 0 Å². The van der Waals surface area contributed by atoms with Crippen LogP contribution in [0, 0.1) is 5.82 Å². The number of nitrogens with zero attached hydrogens (tertiary/aromatic N) is 1.